The van der Waals surface area contributed by atoms with Crippen molar-refractivity contribution in [1.82, 2.24) is 24.4 Å². The zero-order valence-corrected chi connectivity index (χ0v) is 11.3. The van der Waals surface area contributed by atoms with Gasteiger partial charge >= 0.3 is 0 Å². The number of hydrogen-bond acceptors (Lipinski definition) is 7. The van der Waals surface area contributed by atoms with Gasteiger partial charge in [0.1, 0.15) is 11.8 Å². The van der Waals surface area contributed by atoms with Crippen molar-refractivity contribution in [3.8, 4) is 0 Å². The van der Waals surface area contributed by atoms with E-state index < -0.39 is 5.54 Å². The SMILES string of the molecule is Nc1ncnc2ncn(CN3C(=O)CCC3(CO)CO)c12. The first kappa shape index (κ1) is 13.7. The first-order valence-corrected chi connectivity index (χ1v) is 6.55. The molecular formula is C12H16N6O3. The Kier molecular flexibility index (Phi) is 3.22. The molecule has 1 aliphatic heterocycles. The molecule has 2 aromatic heterocycles. The fourth-order valence-corrected chi connectivity index (χ4v) is 2.68. The van der Waals surface area contributed by atoms with Gasteiger partial charge in [-0.1, -0.05) is 0 Å². The van der Waals surface area contributed by atoms with Crippen LogP contribution in [0.5, 0.6) is 0 Å². The lowest BCUT2D eigenvalue weighted by molar-refractivity contribution is -0.136. The van der Waals surface area contributed by atoms with Gasteiger partial charge in [0.05, 0.1) is 31.7 Å². The van der Waals surface area contributed by atoms with E-state index in [0.29, 0.717) is 24.0 Å². The highest BCUT2D eigenvalue weighted by atomic mass is 16.3. The molecule has 1 fully saturated rings. The van der Waals surface area contributed by atoms with Gasteiger partial charge in [0.25, 0.3) is 0 Å². The Morgan fingerprint density at radius 1 is 1.29 bits per heavy atom. The molecule has 3 rings (SSSR count). The van der Waals surface area contributed by atoms with Crippen LogP contribution in [0, 0.1) is 0 Å². The van der Waals surface area contributed by atoms with E-state index in [4.69, 9.17) is 5.73 Å². The maximum absolute atomic E-state index is 12.1. The molecule has 4 N–H and O–H groups in total. The van der Waals surface area contributed by atoms with Gasteiger partial charge in [0, 0.05) is 6.42 Å². The van der Waals surface area contributed by atoms with E-state index in [0.717, 1.165) is 0 Å². The van der Waals surface area contributed by atoms with Crippen LogP contribution in [0.2, 0.25) is 0 Å². The number of carbonyl (C=O) groups excluding carboxylic acids is 1. The molecule has 0 radical (unpaired) electrons. The summed E-state index contributed by atoms with van der Waals surface area (Å²) >= 11 is 0. The molecule has 9 heteroatoms. The second-order valence-corrected chi connectivity index (χ2v) is 5.15. The van der Waals surface area contributed by atoms with Crippen LogP contribution in [-0.2, 0) is 11.5 Å². The van der Waals surface area contributed by atoms with Gasteiger partial charge in [-0.15, -0.1) is 0 Å². The average molecular weight is 292 g/mol. The van der Waals surface area contributed by atoms with Crippen LogP contribution in [-0.4, -0.2) is 59.3 Å². The largest absolute Gasteiger partial charge is 0.394 e. The molecule has 1 aliphatic rings. The van der Waals surface area contributed by atoms with Crippen LogP contribution in [0.4, 0.5) is 5.82 Å². The molecule has 0 unspecified atom stereocenters. The summed E-state index contributed by atoms with van der Waals surface area (Å²) in [6.07, 6.45) is 3.54. The number of nitrogens with two attached hydrogens (primary N) is 1. The fourth-order valence-electron chi connectivity index (χ4n) is 2.68. The Balaban J connectivity index is 1.99. The number of anilines is 1. The average Bonchev–Trinajstić information content (AvgIpc) is 3.04. The van der Waals surface area contributed by atoms with Crippen molar-refractivity contribution in [3.05, 3.63) is 12.7 Å². The van der Waals surface area contributed by atoms with Crippen LogP contribution < -0.4 is 5.73 Å². The fraction of sp³-hybridized carbons (Fsp3) is 0.500. The Morgan fingerprint density at radius 3 is 2.76 bits per heavy atom. The molecule has 0 spiro atoms. The monoisotopic (exact) mass is 292 g/mol. The third-order valence-corrected chi connectivity index (χ3v) is 4.00. The van der Waals surface area contributed by atoms with Crippen molar-refractivity contribution >= 4 is 22.9 Å². The zero-order valence-electron chi connectivity index (χ0n) is 11.3. The summed E-state index contributed by atoms with van der Waals surface area (Å²) in [5.41, 5.74) is 5.85. The third-order valence-electron chi connectivity index (χ3n) is 4.00. The maximum Gasteiger partial charge on any atom is 0.224 e. The lowest BCUT2D eigenvalue weighted by Crippen LogP contribution is -2.51. The number of aromatic nitrogens is 4. The van der Waals surface area contributed by atoms with Crippen molar-refractivity contribution in [1.29, 1.82) is 0 Å². The highest BCUT2D eigenvalue weighted by Crippen LogP contribution is 2.31. The molecule has 2 aromatic rings. The number of aliphatic hydroxyl groups is 2. The molecule has 3 heterocycles. The molecule has 0 bridgehead atoms. The molecular weight excluding hydrogens is 276 g/mol. The predicted molar refractivity (Wildman–Crippen MR) is 72.7 cm³/mol. The summed E-state index contributed by atoms with van der Waals surface area (Å²) in [4.78, 5) is 25.6. The highest BCUT2D eigenvalue weighted by Gasteiger charge is 2.44. The van der Waals surface area contributed by atoms with Gasteiger partial charge in [-0.2, -0.15) is 0 Å². The Morgan fingerprint density at radius 2 is 2.05 bits per heavy atom. The summed E-state index contributed by atoms with van der Waals surface area (Å²) < 4.78 is 1.65. The second-order valence-electron chi connectivity index (χ2n) is 5.15. The number of imidazole rings is 1. The van der Waals surface area contributed by atoms with E-state index in [1.807, 2.05) is 0 Å². The minimum atomic E-state index is -0.946. The molecule has 1 amide bonds. The summed E-state index contributed by atoms with van der Waals surface area (Å²) in [6, 6.07) is 0. The van der Waals surface area contributed by atoms with Crippen LogP contribution >= 0.6 is 0 Å². The second kappa shape index (κ2) is 4.93. The normalized spacial score (nSPS) is 17.8. The van der Waals surface area contributed by atoms with E-state index in [1.54, 1.807) is 4.57 Å². The van der Waals surface area contributed by atoms with Gasteiger partial charge in [-0.25, -0.2) is 15.0 Å². The van der Waals surface area contributed by atoms with Gasteiger partial charge in [-0.3, -0.25) is 4.79 Å². The van der Waals surface area contributed by atoms with E-state index in [9.17, 15) is 15.0 Å². The number of carbonyl (C=O) groups is 1. The Hall–Kier alpha value is -2.26. The topological polar surface area (TPSA) is 130 Å². The Bertz CT molecular complexity index is 681. The van der Waals surface area contributed by atoms with E-state index in [2.05, 4.69) is 15.0 Å². The number of amides is 1. The first-order chi connectivity index (χ1) is 10.1. The number of likely N-dealkylation sites (tertiary alicyclic amines) is 1. The zero-order chi connectivity index (χ0) is 15.0. The molecule has 1 saturated heterocycles. The van der Waals surface area contributed by atoms with Gasteiger partial charge in [0.15, 0.2) is 11.5 Å². The smallest absolute Gasteiger partial charge is 0.224 e. The molecule has 9 nitrogen and oxygen atoms in total. The quantitative estimate of drug-likeness (QED) is 0.639. The lowest BCUT2D eigenvalue weighted by Gasteiger charge is -2.35. The van der Waals surface area contributed by atoms with E-state index in [1.165, 1.54) is 17.6 Å². The third kappa shape index (κ3) is 2.01. The highest BCUT2D eigenvalue weighted by molar-refractivity contribution is 5.82. The number of nitrogen functional groups attached to an aromatic ring is 1. The summed E-state index contributed by atoms with van der Waals surface area (Å²) in [7, 11) is 0. The molecule has 0 saturated carbocycles. The number of nitrogens with zero attached hydrogens (tertiary/aromatic N) is 5. The molecule has 0 aliphatic carbocycles. The van der Waals surface area contributed by atoms with Gasteiger partial charge in [-0.05, 0) is 6.42 Å². The van der Waals surface area contributed by atoms with Crippen molar-refractivity contribution in [2.45, 2.75) is 25.0 Å². The minimum Gasteiger partial charge on any atom is -0.394 e. The summed E-state index contributed by atoms with van der Waals surface area (Å²) in [5, 5.41) is 19.1. The minimum absolute atomic E-state index is 0.129. The number of hydrogen-bond donors (Lipinski definition) is 3. The van der Waals surface area contributed by atoms with Crippen molar-refractivity contribution in [3.63, 3.8) is 0 Å². The first-order valence-electron chi connectivity index (χ1n) is 6.55. The van der Waals surface area contributed by atoms with Crippen molar-refractivity contribution < 1.29 is 15.0 Å². The maximum atomic E-state index is 12.1. The van der Waals surface area contributed by atoms with Crippen LogP contribution in [0.15, 0.2) is 12.7 Å². The van der Waals surface area contributed by atoms with Crippen molar-refractivity contribution in [2.75, 3.05) is 18.9 Å². The van der Waals surface area contributed by atoms with E-state index in [-0.39, 0.29) is 31.6 Å². The van der Waals surface area contributed by atoms with Crippen LogP contribution in [0.25, 0.3) is 11.2 Å². The number of aliphatic hydroxyl groups excluding tert-OH is 2. The van der Waals surface area contributed by atoms with Gasteiger partial charge < -0.3 is 25.4 Å². The molecule has 0 aromatic carbocycles. The van der Waals surface area contributed by atoms with E-state index >= 15 is 0 Å². The predicted octanol–water partition coefficient (Wildman–Crippen LogP) is -1.29. The molecule has 21 heavy (non-hydrogen) atoms. The summed E-state index contributed by atoms with van der Waals surface area (Å²) in [5.74, 6) is 0.137. The van der Waals surface area contributed by atoms with Crippen molar-refractivity contribution in [2.24, 2.45) is 0 Å². The van der Waals surface area contributed by atoms with Gasteiger partial charge in [0.2, 0.25) is 5.91 Å². The summed E-state index contributed by atoms with van der Waals surface area (Å²) in [6.45, 7) is -0.463. The number of fused-ring (bicyclic) bond motifs is 1. The lowest BCUT2D eigenvalue weighted by atomic mass is 9.99. The van der Waals surface area contributed by atoms with Crippen LogP contribution in [0.3, 0.4) is 0 Å². The molecule has 0 atom stereocenters. The van der Waals surface area contributed by atoms with Crippen LogP contribution in [0.1, 0.15) is 12.8 Å². The number of rotatable bonds is 4. The molecule has 112 valence electrons. The Labute approximate surface area is 120 Å². The standard InChI is InChI=1S/C12H16N6O3/c13-10-9-11(15-5-14-10)16-6-17(9)7-18-8(21)1-2-12(18,3-19)4-20/h5-6,19-20H,1-4,7H2,(H2,13,14,15).